The zero-order chi connectivity index (χ0) is 38.2. The van der Waals surface area contributed by atoms with E-state index >= 15 is 0 Å². The molecule has 0 aliphatic heterocycles. The van der Waals surface area contributed by atoms with Crippen molar-refractivity contribution in [3.63, 3.8) is 0 Å². The van der Waals surface area contributed by atoms with Gasteiger partial charge in [-0.1, -0.05) is 152 Å². The lowest BCUT2D eigenvalue weighted by Crippen LogP contribution is -2.01. The van der Waals surface area contributed by atoms with Crippen LogP contribution in [0.1, 0.15) is 0 Å². The third kappa shape index (κ3) is 5.32. The maximum atomic E-state index is 6.71. The molecule has 0 amide bonds. The summed E-state index contributed by atoms with van der Waals surface area (Å²) in [5, 5.41) is 9.23. The van der Waals surface area contributed by atoms with Crippen LogP contribution in [-0.4, -0.2) is 15.0 Å². The minimum absolute atomic E-state index is 0.589. The van der Waals surface area contributed by atoms with E-state index in [-0.39, 0.29) is 0 Å². The van der Waals surface area contributed by atoms with Gasteiger partial charge in [-0.3, -0.25) is 0 Å². The summed E-state index contributed by atoms with van der Waals surface area (Å²) in [6.07, 6.45) is 0. The fourth-order valence-electron chi connectivity index (χ4n) is 8.50. The van der Waals surface area contributed by atoms with Crippen molar-refractivity contribution in [1.82, 2.24) is 15.0 Å². The number of rotatable bonds is 5. The van der Waals surface area contributed by atoms with Gasteiger partial charge in [-0.25, -0.2) is 15.0 Å². The van der Waals surface area contributed by atoms with Crippen molar-refractivity contribution in [2.45, 2.75) is 0 Å². The zero-order valence-electron chi connectivity index (χ0n) is 31.1. The van der Waals surface area contributed by atoms with Crippen molar-refractivity contribution in [3.05, 3.63) is 188 Å². The summed E-state index contributed by atoms with van der Waals surface area (Å²) in [5.41, 5.74) is 8.83. The Labute approximate surface area is 337 Å². The van der Waals surface area contributed by atoms with Gasteiger partial charge in [0.1, 0.15) is 11.2 Å². The number of hydrogen-bond acceptors (Lipinski definition) is 5. The third-order valence-corrected chi connectivity index (χ3v) is 12.5. The molecule has 270 valence electrons. The number of para-hydroxylation sites is 1. The molecule has 12 rings (SSSR count). The molecular weight excluding hydrogens is 727 g/mol. The molecular formula is C53H31N3OS. The molecule has 0 radical (unpaired) electrons. The van der Waals surface area contributed by atoms with Gasteiger partial charge in [-0.2, -0.15) is 0 Å². The van der Waals surface area contributed by atoms with Crippen LogP contribution < -0.4 is 0 Å². The summed E-state index contributed by atoms with van der Waals surface area (Å²) >= 11 is 1.85. The van der Waals surface area contributed by atoms with Gasteiger partial charge >= 0.3 is 0 Å². The molecule has 4 nitrogen and oxygen atoms in total. The lowest BCUT2D eigenvalue weighted by Gasteiger charge is -2.13. The molecule has 9 aromatic carbocycles. The van der Waals surface area contributed by atoms with E-state index in [1.54, 1.807) is 0 Å². The molecule has 0 aliphatic rings. The molecule has 0 saturated carbocycles. The molecule has 3 aromatic heterocycles. The number of fused-ring (bicyclic) bond motifs is 9. The summed E-state index contributed by atoms with van der Waals surface area (Å²) in [6.45, 7) is 0. The van der Waals surface area contributed by atoms with Crippen molar-refractivity contribution in [1.29, 1.82) is 0 Å². The summed E-state index contributed by atoms with van der Waals surface area (Å²) < 4.78 is 9.25. The zero-order valence-corrected chi connectivity index (χ0v) is 31.9. The van der Waals surface area contributed by atoms with Crippen LogP contribution in [0.15, 0.2) is 192 Å². The Bertz CT molecular complexity index is 3570. The fourth-order valence-corrected chi connectivity index (χ4v) is 9.76. The summed E-state index contributed by atoms with van der Waals surface area (Å²) in [6, 6.07) is 66.2. The van der Waals surface area contributed by atoms with Crippen LogP contribution >= 0.6 is 11.3 Å². The number of nitrogens with zero attached hydrogens (tertiary/aromatic N) is 3. The topological polar surface area (TPSA) is 51.8 Å². The highest BCUT2D eigenvalue weighted by molar-refractivity contribution is 7.26. The Morgan fingerprint density at radius 1 is 0.345 bits per heavy atom. The molecule has 5 heteroatoms. The molecule has 0 fully saturated rings. The Hall–Kier alpha value is -7.47. The molecule has 0 bridgehead atoms. The highest BCUT2D eigenvalue weighted by atomic mass is 32.1. The highest BCUT2D eigenvalue weighted by Crippen LogP contribution is 2.47. The van der Waals surface area contributed by atoms with E-state index in [1.165, 1.54) is 36.3 Å². The van der Waals surface area contributed by atoms with Gasteiger partial charge in [0, 0.05) is 47.6 Å². The Balaban J connectivity index is 1.14. The van der Waals surface area contributed by atoms with Gasteiger partial charge in [-0.15, -0.1) is 11.3 Å². The molecule has 0 N–H and O–H groups in total. The van der Waals surface area contributed by atoms with Crippen LogP contribution in [0.25, 0.3) is 120 Å². The van der Waals surface area contributed by atoms with Crippen molar-refractivity contribution >= 4 is 75.0 Å². The van der Waals surface area contributed by atoms with Crippen LogP contribution in [-0.2, 0) is 0 Å². The second-order valence-corrected chi connectivity index (χ2v) is 15.8. The van der Waals surface area contributed by atoms with Crippen LogP contribution in [0.4, 0.5) is 0 Å². The van der Waals surface area contributed by atoms with E-state index in [0.717, 1.165) is 66.3 Å². The number of furan rings is 1. The average molecular weight is 758 g/mol. The third-order valence-electron chi connectivity index (χ3n) is 11.3. The molecule has 0 spiro atoms. The van der Waals surface area contributed by atoms with Gasteiger partial charge in [0.15, 0.2) is 17.5 Å². The van der Waals surface area contributed by atoms with Crippen molar-refractivity contribution in [3.8, 4) is 56.4 Å². The van der Waals surface area contributed by atoms with Gasteiger partial charge in [-0.05, 0) is 80.2 Å². The minimum Gasteiger partial charge on any atom is -0.456 e. The number of thiophene rings is 1. The first-order valence-electron chi connectivity index (χ1n) is 19.4. The van der Waals surface area contributed by atoms with Crippen LogP contribution in [0.5, 0.6) is 0 Å². The molecule has 0 aliphatic carbocycles. The predicted molar refractivity (Wildman–Crippen MR) is 242 cm³/mol. The molecule has 0 atom stereocenters. The number of aromatic nitrogens is 3. The largest absolute Gasteiger partial charge is 0.456 e. The second kappa shape index (κ2) is 13.1. The lowest BCUT2D eigenvalue weighted by molar-refractivity contribution is 0.669. The molecule has 58 heavy (non-hydrogen) atoms. The number of benzene rings is 9. The molecule has 0 saturated heterocycles. The van der Waals surface area contributed by atoms with Gasteiger partial charge < -0.3 is 4.42 Å². The smallest absolute Gasteiger partial charge is 0.164 e. The number of hydrogen-bond donors (Lipinski definition) is 0. The lowest BCUT2D eigenvalue weighted by atomic mass is 9.93. The van der Waals surface area contributed by atoms with E-state index in [1.807, 2.05) is 29.5 Å². The van der Waals surface area contributed by atoms with Crippen LogP contribution in [0.3, 0.4) is 0 Å². The summed E-state index contributed by atoms with van der Waals surface area (Å²) in [7, 11) is 0. The van der Waals surface area contributed by atoms with E-state index in [9.17, 15) is 0 Å². The van der Waals surface area contributed by atoms with Crippen molar-refractivity contribution in [2.75, 3.05) is 0 Å². The van der Waals surface area contributed by atoms with Crippen molar-refractivity contribution < 1.29 is 4.42 Å². The Morgan fingerprint density at radius 3 is 1.81 bits per heavy atom. The first-order valence-corrected chi connectivity index (χ1v) is 20.2. The first-order chi connectivity index (χ1) is 28.7. The first kappa shape index (κ1) is 32.7. The quantitative estimate of drug-likeness (QED) is 0.175. The van der Waals surface area contributed by atoms with E-state index in [4.69, 9.17) is 19.4 Å². The van der Waals surface area contributed by atoms with E-state index in [0.29, 0.717) is 17.5 Å². The van der Waals surface area contributed by atoms with E-state index < -0.39 is 0 Å². The molecule has 0 unspecified atom stereocenters. The van der Waals surface area contributed by atoms with Gasteiger partial charge in [0.25, 0.3) is 0 Å². The summed E-state index contributed by atoms with van der Waals surface area (Å²) in [4.78, 5) is 15.8. The fraction of sp³-hybridized carbons (Fsp3) is 0. The Morgan fingerprint density at radius 2 is 0.966 bits per heavy atom. The van der Waals surface area contributed by atoms with Crippen molar-refractivity contribution in [2.24, 2.45) is 0 Å². The average Bonchev–Trinajstić information content (AvgIpc) is 3.88. The SMILES string of the molecule is c1ccc(-c2ccc(-c3nc(-c4ccc5ccccc5c4)nc(-c4cc(-c5cc6ccccc6c6sc7ccccc7c56)cc5oc6ccccc6c45)n3)cc2)cc1. The Kier molecular flexibility index (Phi) is 7.37. The molecule has 3 heterocycles. The normalized spacial score (nSPS) is 11.8. The molecule has 12 aromatic rings. The minimum atomic E-state index is 0.589. The predicted octanol–water partition coefficient (Wildman–Crippen LogP) is 14.8. The monoisotopic (exact) mass is 757 g/mol. The van der Waals surface area contributed by atoms with Gasteiger partial charge in [0.05, 0.1) is 0 Å². The van der Waals surface area contributed by atoms with Crippen LogP contribution in [0.2, 0.25) is 0 Å². The van der Waals surface area contributed by atoms with Gasteiger partial charge in [0.2, 0.25) is 0 Å². The second-order valence-electron chi connectivity index (χ2n) is 14.8. The van der Waals surface area contributed by atoms with E-state index in [2.05, 4.69) is 170 Å². The summed E-state index contributed by atoms with van der Waals surface area (Å²) in [5.74, 6) is 1.81. The maximum absolute atomic E-state index is 6.71. The van der Waals surface area contributed by atoms with Crippen LogP contribution in [0, 0.1) is 0 Å². The standard InChI is InChI=1S/C53H31N3OS/c1-2-12-32(13-3-1)34-22-25-35(26-23-34)51-54-52(38-27-24-33-14-4-5-15-36(33)28-38)56-53(55-51)44-30-39(31-46-48(44)41-18-8-10-20-45(41)57-46)43-29-37-16-6-7-17-40(37)50-49(43)42-19-9-11-21-47(42)58-50/h1-31H. The highest BCUT2D eigenvalue weighted by Gasteiger charge is 2.22. The maximum Gasteiger partial charge on any atom is 0.164 e.